The summed E-state index contributed by atoms with van der Waals surface area (Å²) >= 11 is 0. The van der Waals surface area contributed by atoms with Crippen LogP contribution in [0.1, 0.15) is 60.1 Å². The van der Waals surface area contributed by atoms with Gasteiger partial charge in [0.2, 0.25) is 0 Å². The first-order valence-electron chi connectivity index (χ1n) is 11.9. The molecule has 2 heterocycles. The Labute approximate surface area is 200 Å². The molecule has 2 aliphatic rings. The molecule has 186 valence electrons. The minimum atomic E-state index is -2.66. The van der Waals surface area contributed by atoms with E-state index < -0.39 is 24.5 Å². The second-order valence-corrected chi connectivity index (χ2v) is 9.55. The lowest BCUT2D eigenvalue weighted by atomic mass is 9.90. The average molecular weight is 488 g/mol. The SMILES string of the molecule is Cc1[nH]c2c(-c3cc(C(F)F)ccc3OCC3CC3)ncnc2c1C(=O)N[C@H]1CC[C@@H](N)C[C@@H]1F. The first-order chi connectivity index (χ1) is 16.8. The minimum absolute atomic E-state index is 0.156. The van der Waals surface area contributed by atoms with E-state index in [4.69, 9.17) is 10.5 Å². The molecule has 2 fully saturated rings. The lowest BCUT2D eigenvalue weighted by Gasteiger charge is -2.30. The van der Waals surface area contributed by atoms with Crippen molar-refractivity contribution in [1.82, 2.24) is 20.3 Å². The van der Waals surface area contributed by atoms with Crippen LogP contribution in [0.15, 0.2) is 24.5 Å². The van der Waals surface area contributed by atoms with E-state index in [1.54, 1.807) is 6.92 Å². The molecule has 7 nitrogen and oxygen atoms in total. The van der Waals surface area contributed by atoms with Gasteiger partial charge in [-0.05, 0) is 63.1 Å². The van der Waals surface area contributed by atoms with Gasteiger partial charge in [0.25, 0.3) is 12.3 Å². The van der Waals surface area contributed by atoms with Gasteiger partial charge in [0.1, 0.15) is 29.5 Å². The molecule has 2 saturated carbocycles. The highest BCUT2D eigenvalue weighted by molar-refractivity contribution is 6.09. The lowest BCUT2D eigenvalue weighted by molar-refractivity contribution is 0.0876. The molecule has 0 bridgehead atoms. The van der Waals surface area contributed by atoms with Gasteiger partial charge in [-0.25, -0.2) is 23.1 Å². The second-order valence-electron chi connectivity index (χ2n) is 9.55. The molecule has 2 aliphatic carbocycles. The van der Waals surface area contributed by atoms with Gasteiger partial charge < -0.3 is 20.8 Å². The van der Waals surface area contributed by atoms with Gasteiger partial charge in [-0.2, -0.15) is 0 Å². The molecule has 35 heavy (non-hydrogen) atoms. The van der Waals surface area contributed by atoms with Crippen LogP contribution in [0.2, 0.25) is 0 Å². The van der Waals surface area contributed by atoms with Crippen LogP contribution >= 0.6 is 0 Å². The highest BCUT2D eigenvalue weighted by atomic mass is 19.3. The fourth-order valence-electron chi connectivity index (χ4n) is 4.64. The van der Waals surface area contributed by atoms with Crippen LogP contribution in [0.4, 0.5) is 13.2 Å². The number of alkyl halides is 3. The largest absolute Gasteiger partial charge is 0.493 e. The number of carbonyl (C=O) groups excluding carboxylic acids is 1. The summed E-state index contributed by atoms with van der Waals surface area (Å²) in [5.74, 6) is 0.464. The molecule has 5 rings (SSSR count). The number of nitrogens with zero attached hydrogens (tertiary/aromatic N) is 2. The molecule has 0 radical (unpaired) electrons. The molecule has 1 aromatic carbocycles. The number of hydrogen-bond acceptors (Lipinski definition) is 5. The summed E-state index contributed by atoms with van der Waals surface area (Å²) in [6.07, 6.45) is 0.876. The summed E-state index contributed by atoms with van der Waals surface area (Å²) in [6, 6.07) is 3.41. The van der Waals surface area contributed by atoms with E-state index in [9.17, 15) is 18.0 Å². The summed E-state index contributed by atoms with van der Waals surface area (Å²) in [4.78, 5) is 25.0. The van der Waals surface area contributed by atoms with E-state index in [0.29, 0.717) is 59.1 Å². The van der Waals surface area contributed by atoms with Gasteiger partial charge in [0.15, 0.2) is 0 Å². The van der Waals surface area contributed by atoms with Crippen molar-refractivity contribution < 1.29 is 22.7 Å². The molecule has 2 aromatic heterocycles. The van der Waals surface area contributed by atoms with Crippen LogP contribution in [-0.2, 0) is 0 Å². The summed E-state index contributed by atoms with van der Waals surface area (Å²) < 4.78 is 47.5. The number of aryl methyl sites for hydroxylation is 1. The predicted molar refractivity (Wildman–Crippen MR) is 125 cm³/mol. The number of benzene rings is 1. The van der Waals surface area contributed by atoms with Crippen molar-refractivity contribution in [3.05, 3.63) is 41.3 Å². The Bertz CT molecular complexity index is 1240. The van der Waals surface area contributed by atoms with Crippen molar-refractivity contribution in [2.75, 3.05) is 6.61 Å². The Kier molecular flexibility index (Phi) is 6.39. The highest BCUT2D eigenvalue weighted by Gasteiger charge is 2.32. The molecular weight excluding hydrogens is 459 g/mol. The van der Waals surface area contributed by atoms with E-state index in [-0.39, 0.29) is 23.6 Å². The molecule has 0 unspecified atom stereocenters. The molecule has 3 aromatic rings. The Morgan fingerprint density at radius 3 is 2.77 bits per heavy atom. The quantitative estimate of drug-likeness (QED) is 0.451. The fourth-order valence-corrected chi connectivity index (χ4v) is 4.64. The van der Waals surface area contributed by atoms with Gasteiger partial charge in [-0.15, -0.1) is 0 Å². The molecule has 1 amide bonds. The summed E-state index contributed by atoms with van der Waals surface area (Å²) in [5.41, 5.74) is 8.00. The summed E-state index contributed by atoms with van der Waals surface area (Å²) in [6.45, 7) is 2.21. The van der Waals surface area contributed by atoms with Crippen molar-refractivity contribution in [3.8, 4) is 17.0 Å². The number of H-pyrrole nitrogens is 1. The van der Waals surface area contributed by atoms with E-state index in [0.717, 1.165) is 12.8 Å². The monoisotopic (exact) mass is 487 g/mol. The third-order valence-corrected chi connectivity index (χ3v) is 6.81. The van der Waals surface area contributed by atoms with E-state index in [2.05, 4.69) is 20.3 Å². The molecule has 0 saturated heterocycles. The lowest BCUT2D eigenvalue weighted by Crippen LogP contribution is -2.47. The van der Waals surface area contributed by atoms with Crippen molar-refractivity contribution >= 4 is 16.9 Å². The van der Waals surface area contributed by atoms with Crippen molar-refractivity contribution in [3.63, 3.8) is 0 Å². The van der Waals surface area contributed by atoms with Gasteiger partial charge in [0, 0.05) is 22.9 Å². The van der Waals surface area contributed by atoms with Gasteiger partial charge in [-0.3, -0.25) is 4.79 Å². The van der Waals surface area contributed by atoms with Crippen molar-refractivity contribution in [2.24, 2.45) is 11.7 Å². The van der Waals surface area contributed by atoms with Crippen LogP contribution in [0.5, 0.6) is 5.75 Å². The number of fused-ring (bicyclic) bond motifs is 1. The first kappa shape index (κ1) is 23.6. The van der Waals surface area contributed by atoms with E-state index >= 15 is 0 Å². The number of ether oxygens (including phenoxy) is 1. The van der Waals surface area contributed by atoms with Crippen LogP contribution in [-0.4, -0.2) is 45.7 Å². The van der Waals surface area contributed by atoms with Crippen LogP contribution in [0, 0.1) is 12.8 Å². The van der Waals surface area contributed by atoms with Crippen LogP contribution in [0.25, 0.3) is 22.3 Å². The van der Waals surface area contributed by atoms with Crippen LogP contribution in [0.3, 0.4) is 0 Å². The number of halogens is 3. The zero-order valence-corrected chi connectivity index (χ0v) is 19.4. The Morgan fingerprint density at radius 1 is 1.26 bits per heavy atom. The third-order valence-electron chi connectivity index (χ3n) is 6.81. The normalized spacial score (nSPS) is 22.5. The van der Waals surface area contributed by atoms with Crippen molar-refractivity contribution in [1.29, 1.82) is 0 Å². The van der Waals surface area contributed by atoms with E-state index in [1.807, 2.05) is 0 Å². The molecule has 4 N–H and O–H groups in total. The van der Waals surface area contributed by atoms with Crippen molar-refractivity contribution in [2.45, 2.75) is 63.7 Å². The predicted octanol–water partition coefficient (Wildman–Crippen LogP) is 4.61. The number of nitrogens with two attached hydrogens (primary N) is 1. The number of nitrogens with one attached hydrogen (secondary N) is 2. The highest BCUT2D eigenvalue weighted by Crippen LogP contribution is 2.38. The van der Waals surface area contributed by atoms with Gasteiger partial charge in [0.05, 0.1) is 23.7 Å². The number of carbonyl (C=O) groups is 1. The number of aromatic nitrogens is 3. The maximum Gasteiger partial charge on any atom is 0.263 e. The van der Waals surface area contributed by atoms with Gasteiger partial charge >= 0.3 is 0 Å². The average Bonchev–Trinajstić information content (AvgIpc) is 3.59. The second kappa shape index (κ2) is 9.49. The Morgan fingerprint density at radius 2 is 2.06 bits per heavy atom. The summed E-state index contributed by atoms with van der Waals surface area (Å²) in [7, 11) is 0. The zero-order valence-electron chi connectivity index (χ0n) is 19.4. The number of hydrogen-bond donors (Lipinski definition) is 3. The zero-order chi connectivity index (χ0) is 24.7. The van der Waals surface area contributed by atoms with Gasteiger partial charge in [-0.1, -0.05) is 0 Å². The molecular formula is C25H28F3N5O2. The standard InChI is InChI=1S/C25H28F3N5O2/c1-12-20(25(34)33-18-6-5-15(29)9-17(18)26)22-23(32-12)21(30-11-31-22)16-8-14(24(27)28)4-7-19(16)35-10-13-2-3-13/h4,7-8,11,13,15,17-18,24,32H,2-3,5-6,9-10,29H2,1H3,(H,33,34)/t15-,17+,18+/m1/s1. The maximum absolute atomic E-state index is 14.5. The minimum Gasteiger partial charge on any atom is -0.493 e. The van der Waals surface area contributed by atoms with Crippen LogP contribution < -0.4 is 15.8 Å². The third kappa shape index (κ3) is 4.84. The summed E-state index contributed by atoms with van der Waals surface area (Å²) in [5, 5.41) is 2.79. The molecule has 0 aliphatic heterocycles. The number of aromatic amines is 1. The van der Waals surface area contributed by atoms with E-state index in [1.165, 1.54) is 24.5 Å². The molecule has 10 heteroatoms. The maximum atomic E-state index is 14.5. The topological polar surface area (TPSA) is 106 Å². The Balaban J connectivity index is 1.52. The number of amides is 1. The smallest absolute Gasteiger partial charge is 0.263 e. The molecule has 3 atom stereocenters. The number of rotatable bonds is 7. The molecule has 0 spiro atoms. The fraction of sp³-hybridized carbons (Fsp3) is 0.480. The Hall–Kier alpha value is -3.14. The first-order valence-corrected chi connectivity index (χ1v) is 11.9.